The number of amides is 2. The Morgan fingerprint density at radius 2 is 1.43 bits per heavy atom. The Labute approximate surface area is 206 Å². The van der Waals surface area contributed by atoms with Crippen molar-refractivity contribution >= 4 is 39.4 Å². The highest BCUT2D eigenvalue weighted by atomic mass is 16.4. The first-order valence-electron chi connectivity index (χ1n) is 10.9. The van der Waals surface area contributed by atoms with Crippen molar-refractivity contribution in [3.8, 4) is 23.0 Å². The zero-order valence-electron chi connectivity index (χ0n) is 19.0. The van der Waals surface area contributed by atoms with Crippen molar-refractivity contribution in [3.63, 3.8) is 0 Å². The second-order valence-corrected chi connectivity index (χ2v) is 8.04. The minimum atomic E-state index is -1.23. The highest BCUT2D eigenvalue weighted by Gasteiger charge is 2.25. The largest absolute Gasteiger partial charge is 0.504 e. The molecule has 192 valence electrons. The molecule has 0 saturated heterocycles. The lowest BCUT2D eigenvalue weighted by molar-refractivity contribution is -0.118. The van der Waals surface area contributed by atoms with Crippen molar-refractivity contribution in [2.24, 2.45) is 5.73 Å². The SMILES string of the molecule is NCCC[C@H](NC(=O)c1cc2ccc(O)c(O)c2oc1=O)C(=O)Nc1cc2ccc(O)c(O)c2oc1=O. The van der Waals surface area contributed by atoms with Crippen LogP contribution in [0.25, 0.3) is 21.9 Å². The number of carbonyl (C=O) groups is 2. The predicted molar refractivity (Wildman–Crippen MR) is 130 cm³/mol. The van der Waals surface area contributed by atoms with Gasteiger partial charge in [-0.3, -0.25) is 9.59 Å². The summed E-state index contributed by atoms with van der Waals surface area (Å²) in [6.45, 7) is 0.182. The zero-order valence-corrected chi connectivity index (χ0v) is 19.0. The quantitative estimate of drug-likeness (QED) is 0.138. The van der Waals surface area contributed by atoms with Crippen LogP contribution in [-0.4, -0.2) is 44.8 Å². The number of fused-ring (bicyclic) bond motifs is 2. The normalized spacial score (nSPS) is 11.9. The maximum Gasteiger partial charge on any atom is 0.360 e. The second kappa shape index (κ2) is 9.91. The van der Waals surface area contributed by atoms with Gasteiger partial charge in [0.25, 0.3) is 5.91 Å². The number of phenolic OH excluding ortho intramolecular Hbond substituents is 4. The third-order valence-corrected chi connectivity index (χ3v) is 5.53. The number of anilines is 1. The summed E-state index contributed by atoms with van der Waals surface area (Å²) in [6.07, 6.45) is 0.354. The van der Waals surface area contributed by atoms with E-state index in [9.17, 15) is 39.6 Å². The van der Waals surface area contributed by atoms with Crippen molar-refractivity contribution in [1.29, 1.82) is 0 Å². The van der Waals surface area contributed by atoms with Gasteiger partial charge in [0.2, 0.25) is 17.4 Å². The lowest BCUT2D eigenvalue weighted by Crippen LogP contribution is -2.45. The van der Waals surface area contributed by atoms with E-state index in [2.05, 4.69) is 10.6 Å². The third-order valence-electron chi connectivity index (χ3n) is 5.53. The molecule has 2 heterocycles. The highest BCUT2D eigenvalue weighted by Crippen LogP contribution is 2.34. The molecule has 4 rings (SSSR count). The minimum Gasteiger partial charge on any atom is -0.504 e. The summed E-state index contributed by atoms with van der Waals surface area (Å²) < 4.78 is 9.99. The molecule has 1 atom stereocenters. The Bertz CT molecular complexity index is 1660. The topological polar surface area (TPSA) is 226 Å². The smallest absolute Gasteiger partial charge is 0.360 e. The zero-order chi connectivity index (χ0) is 26.9. The van der Waals surface area contributed by atoms with Gasteiger partial charge in [-0.1, -0.05) is 0 Å². The maximum atomic E-state index is 13.0. The molecule has 0 bridgehead atoms. The molecule has 0 aliphatic rings. The van der Waals surface area contributed by atoms with Crippen LogP contribution in [0.5, 0.6) is 23.0 Å². The number of carbonyl (C=O) groups excluding carboxylic acids is 2. The summed E-state index contributed by atoms with van der Waals surface area (Å²) >= 11 is 0. The molecule has 37 heavy (non-hydrogen) atoms. The molecule has 4 aromatic rings. The standard InChI is InChI=1S/C24H21N3O10/c25-7-1-2-13(22(33)27-14-9-11-4-6-16(29)18(31)20(11)37-24(14)35)26-21(32)12-8-10-3-5-15(28)17(30)19(10)36-23(12)34/h3-6,8-9,13,28-31H,1-2,7,25H2,(H,26,32)(H,27,33)/t13-/m0/s1. The number of nitrogens with one attached hydrogen (secondary N) is 2. The predicted octanol–water partition coefficient (Wildman–Crippen LogP) is 1.20. The van der Waals surface area contributed by atoms with Gasteiger partial charge >= 0.3 is 11.3 Å². The first-order chi connectivity index (χ1) is 17.6. The molecule has 2 aromatic heterocycles. The van der Waals surface area contributed by atoms with Gasteiger partial charge in [-0.25, -0.2) is 9.59 Å². The van der Waals surface area contributed by atoms with Gasteiger partial charge in [0.1, 0.15) is 17.3 Å². The van der Waals surface area contributed by atoms with Crippen LogP contribution in [0.4, 0.5) is 5.69 Å². The fraction of sp³-hybridized carbons (Fsp3) is 0.167. The van der Waals surface area contributed by atoms with Gasteiger partial charge in [0.05, 0.1) is 0 Å². The molecule has 0 fully saturated rings. The van der Waals surface area contributed by atoms with Crippen molar-refractivity contribution in [1.82, 2.24) is 5.32 Å². The number of phenols is 4. The Kier molecular flexibility index (Phi) is 6.71. The van der Waals surface area contributed by atoms with Crippen LogP contribution in [0.2, 0.25) is 0 Å². The molecule has 13 heteroatoms. The second-order valence-electron chi connectivity index (χ2n) is 8.04. The van der Waals surface area contributed by atoms with E-state index in [-0.39, 0.29) is 40.6 Å². The molecule has 2 aromatic carbocycles. The Morgan fingerprint density at radius 3 is 2.03 bits per heavy atom. The Morgan fingerprint density at radius 1 is 0.865 bits per heavy atom. The highest BCUT2D eigenvalue weighted by molar-refractivity contribution is 6.03. The van der Waals surface area contributed by atoms with Crippen molar-refractivity contribution < 1.29 is 38.8 Å². The fourth-order valence-electron chi connectivity index (χ4n) is 3.61. The summed E-state index contributed by atoms with van der Waals surface area (Å²) in [5.41, 5.74) is 2.02. The van der Waals surface area contributed by atoms with Crippen molar-refractivity contribution in [3.05, 3.63) is 62.8 Å². The van der Waals surface area contributed by atoms with Gasteiger partial charge in [-0.2, -0.15) is 0 Å². The van der Waals surface area contributed by atoms with Crippen LogP contribution in [0, 0.1) is 0 Å². The molecular formula is C24H21N3O10. The summed E-state index contributed by atoms with van der Waals surface area (Å²) in [6, 6.07) is 6.11. The molecule has 0 aliphatic carbocycles. The number of hydrogen-bond acceptors (Lipinski definition) is 11. The van der Waals surface area contributed by atoms with E-state index in [1.807, 2.05) is 0 Å². The maximum absolute atomic E-state index is 13.0. The Hall–Kier alpha value is -5.04. The van der Waals surface area contributed by atoms with Gasteiger partial charge in [0.15, 0.2) is 22.7 Å². The molecule has 0 unspecified atom stereocenters. The molecule has 0 spiro atoms. The van der Waals surface area contributed by atoms with E-state index in [4.69, 9.17) is 14.6 Å². The minimum absolute atomic E-state index is 0.0508. The van der Waals surface area contributed by atoms with Crippen LogP contribution < -0.4 is 27.6 Å². The van der Waals surface area contributed by atoms with Crippen LogP contribution in [-0.2, 0) is 4.79 Å². The van der Waals surface area contributed by atoms with Crippen molar-refractivity contribution in [2.75, 3.05) is 11.9 Å². The van der Waals surface area contributed by atoms with Crippen LogP contribution in [0.1, 0.15) is 23.2 Å². The van der Waals surface area contributed by atoms with Crippen molar-refractivity contribution in [2.45, 2.75) is 18.9 Å². The van der Waals surface area contributed by atoms with Gasteiger partial charge < -0.3 is 45.6 Å². The molecule has 8 N–H and O–H groups in total. The lowest BCUT2D eigenvalue weighted by atomic mass is 10.1. The van der Waals surface area contributed by atoms with Gasteiger partial charge in [-0.05, 0) is 55.8 Å². The number of hydrogen-bond donors (Lipinski definition) is 7. The van der Waals surface area contributed by atoms with E-state index < -0.39 is 57.7 Å². The third kappa shape index (κ3) is 4.88. The van der Waals surface area contributed by atoms with Crippen LogP contribution >= 0.6 is 0 Å². The molecule has 0 aliphatic heterocycles. The molecule has 0 radical (unpaired) electrons. The first kappa shape index (κ1) is 25.1. The average molecular weight is 511 g/mol. The van der Waals surface area contributed by atoms with E-state index in [1.54, 1.807) is 0 Å². The number of rotatable bonds is 7. The monoisotopic (exact) mass is 511 g/mol. The van der Waals surface area contributed by atoms with E-state index in [0.717, 1.165) is 12.1 Å². The molecule has 2 amide bonds. The van der Waals surface area contributed by atoms with Crippen LogP contribution in [0.15, 0.2) is 54.8 Å². The van der Waals surface area contributed by atoms with E-state index in [1.165, 1.54) is 24.3 Å². The molecule has 0 saturated carbocycles. The van der Waals surface area contributed by atoms with Crippen LogP contribution in [0.3, 0.4) is 0 Å². The molecular weight excluding hydrogens is 490 g/mol. The fourth-order valence-corrected chi connectivity index (χ4v) is 3.61. The summed E-state index contributed by atoms with van der Waals surface area (Å²) in [7, 11) is 0. The number of benzene rings is 2. The Balaban J connectivity index is 1.61. The first-order valence-corrected chi connectivity index (χ1v) is 10.9. The lowest BCUT2D eigenvalue weighted by Gasteiger charge is -2.18. The summed E-state index contributed by atoms with van der Waals surface area (Å²) in [5, 5.41) is 44.0. The van der Waals surface area contributed by atoms with E-state index >= 15 is 0 Å². The van der Waals surface area contributed by atoms with E-state index in [0.29, 0.717) is 6.42 Å². The summed E-state index contributed by atoms with van der Waals surface area (Å²) in [4.78, 5) is 50.6. The summed E-state index contributed by atoms with van der Waals surface area (Å²) in [5.74, 6) is -4.10. The number of aromatic hydroxyl groups is 4. The van der Waals surface area contributed by atoms with Gasteiger partial charge in [0, 0.05) is 10.8 Å². The number of nitrogens with two attached hydrogens (primary N) is 1. The molecule has 13 nitrogen and oxygen atoms in total. The van der Waals surface area contributed by atoms with Gasteiger partial charge in [-0.15, -0.1) is 0 Å². The average Bonchev–Trinajstić information content (AvgIpc) is 2.87.